The Morgan fingerprint density at radius 1 is 1.00 bits per heavy atom. The first-order valence-corrected chi connectivity index (χ1v) is 7.33. The summed E-state index contributed by atoms with van der Waals surface area (Å²) in [6.07, 6.45) is 5.62. The van der Waals surface area contributed by atoms with Gasteiger partial charge in [-0.2, -0.15) is 0 Å². The van der Waals surface area contributed by atoms with Crippen LogP contribution >= 0.6 is 0 Å². The lowest BCUT2D eigenvalue weighted by molar-refractivity contribution is 0.284. The summed E-state index contributed by atoms with van der Waals surface area (Å²) in [6.45, 7) is 8.03. The molecule has 1 aliphatic heterocycles. The minimum absolute atomic E-state index is 0.994. The molecule has 0 unspecified atom stereocenters. The van der Waals surface area contributed by atoms with Crippen LogP contribution in [0.1, 0.15) is 36.8 Å². The lowest BCUT2D eigenvalue weighted by atomic mass is 10.1. The zero-order valence-electron chi connectivity index (χ0n) is 11.6. The van der Waals surface area contributed by atoms with Gasteiger partial charge in [0.15, 0.2) is 0 Å². The van der Waals surface area contributed by atoms with Crippen molar-refractivity contribution in [1.29, 1.82) is 0 Å². The number of nitrogens with zero attached hydrogens (tertiary/aromatic N) is 1. The predicted molar refractivity (Wildman–Crippen MR) is 77.8 cm³/mol. The van der Waals surface area contributed by atoms with E-state index in [9.17, 15) is 0 Å². The molecule has 0 radical (unpaired) electrons. The van der Waals surface area contributed by atoms with Crippen molar-refractivity contribution in [3.63, 3.8) is 0 Å². The second-order valence-corrected chi connectivity index (χ2v) is 5.42. The number of benzene rings is 1. The fraction of sp³-hybridized carbons (Fsp3) is 0.625. The van der Waals surface area contributed by atoms with Crippen molar-refractivity contribution in [2.24, 2.45) is 0 Å². The van der Waals surface area contributed by atoms with Crippen LogP contribution in [0.5, 0.6) is 0 Å². The van der Waals surface area contributed by atoms with E-state index >= 15 is 0 Å². The van der Waals surface area contributed by atoms with Crippen LogP contribution < -0.4 is 5.32 Å². The van der Waals surface area contributed by atoms with E-state index in [2.05, 4.69) is 41.4 Å². The van der Waals surface area contributed by atoms with Gasteiger partial charge < -0.3 is 10.2 Å². The lowest BCUT2D eigenvalue weighted by Crippen LogP contribution is -2.32. The Morgan fingerprint density at radius 2 is 1.67 bits per heavy atom. The highest BCUT2D eigenvalue weighted by Crippen LogP contribution is 2.08. The summed E-state index contributed by atoms with van der Waals surface area (Å²) in [7, 11) is 0. The molecule has 100 valence electrons. The first-order valence-electron chi connectivity index (χ1n) is 7.33. The number of rotatable bonds is 5. The molecule has 2 nitrogen and oxygen atoms in total. The molecular formula is C16H26N2. The van der Waals surface area contributed by atoms with Crippen LogP contribution in [-0.4, -0.2) is 31.1 Å². The normalized spacial score (nSPS) is 17.6. The first-order chi connectivity index (χ1) is 8.84. The highest BCUT2D eigenvalue weighted by molar-refractivity contribution is 5.20. The second kappa shape index (κ2) is 7.55. The first kappa shape index (κ1) is 13.6. The molecule has 1 N–H and O–H groups in total. The molecule has 1 aromatic rings. The molecule has 0 aromatic heterocycles. The van der Waals surface area contributed by atoms with Gasteiger partial charge in [-0.3, -0.25) is 0 Å². The minimum Gasteiger partial charge on any atom is -0.311 e. The van der Waals surface area contributed by atoms with E-state index in [1.54, 1.807) is 0 Å². The minimum atomic E-state index is 0.994. The quantitative estimate of drug-likeness (QED) is 0.804. The second-order valence-electron chi connectivity index (χ2n) is 5.42. The summed E-state index contributed by atoms with van der Waals surface area (Å²) in [5.41, 5.74) is 2.72. The standard InChI is InChI=1S/C16H26N2/c1-15-6-8-16(9-7-15)14-17-10-13-18-11-4-2-3-5-12-18/h6-9,17H,2-5,10-14H2,1H3. The lowest BCUT2D eigenvalue weighted by Gasteiger charge is -2.19. The van der Waals surface area contributed by atoms with Crippen molar-refractivity contribution in [2.45, 2.75) is 39.2 Å². The average Bonchev–Trinajstić information content (AvgIpc) is 2.65. The van der Waals surface area contributed by atoms with Gasteiger partial charge in [0.2, 0.25) is 0 Å². The van der Waals surface area contributed by atoms with Gasteiger partial charge in [-0.05, 0) is 38.4 Å². The van der Waals surface area contributed by atoms with Crippen molar-refractivity contribution >= 4 is 0 Å². The van der Waals surface area contributed by atoms with Crippen molar-refractivity contribution in [1.82, 2.24) is 10.2 Å². The van der Waals surface area contributed by atoms with Crippen molar-refractivity contribution < 1.29 is 0 Å². The number of likely N-dealkylation sites (tertiary alicyclic amines) is 1. The van der Waals surface area contributed by atoms with E-state index in [-0.39, 0.29) is 0 Å². The van der Waals surface area contributed by atoms with Gasteiger partial charge in [0.1, 0.15) is 0 Å². The molecule has 0 bridgehead atoms. The molecule has 1 saturated heterocycles. The van der Waals surface area contributed by atoms with E-state index in [0.717, 1.165) is 13.1 Å². The third-order valence-electron chi connectivity index (χ3n) is 3.75. The zero-order valence-corrected chi connectivity index (χ0v) is 11.6. The average molecular weight is 246 g/mol. The van der Waals surface area contributed by atoms with Crippen molar-refractivity contribution in [3.05, 3.63) is 35.4 Å². The van der Waals surface area contributed by atoms with Gasteiger partial charge in [-0.25, -0.2) is 0 Å². The molecule has 1 fully saturated rings. The molecule has 2 heteroatoms. The van der Waals surface area contributed by atoms with Crippen LogP contribution in [0.4, 0.5) is 0 Å². The highest BCUT2D eigenvalue weighted by Gasteiger charge is 2.07. The SMILES string of the molecule is Cc1ccc(CNCCN2CCCCCC2)cc1. The van der Waals surface area contributed by atoms with Crippen LogP contribution in [0.3, 0.4) is 0 Å². The number of hydrogen-bond donors (Lipinski definition) is 1. The zero-order chi connectivity index (χ0) is 12.6. The van der Waals surface area contributed by atoms with Gasteiger partial charge in [0.25, 0.3) is 0 Å². The fourth-order valence-electron chi connectivity index (χ4n) is 2.54. The van der Waals surface area contributed by atoms with E-state index < -0.39 is 0 Å². The van der Waals surface area contributed by atoms with Gasteiger partial charge >= 0.3 is 0 Å². The Hall–Kier alpha value is -0.860. The molecule has 0 spiro atoms. The fourth-order valence-corrected chi connectivity index (χ4v) is 2.54. The molecule has 0 saturated carbocycles. The van der Waals surface area contributed by atoms with E-state index in [4.69, 9.17) is 0 Å². The molecule has 1 aliphatic rings. The Bertz CT molecular complexity index is 323. The predicted octanol–water partition coefficient (Wildman–Crippen LogP) is 2.96. The summed E-state index contributed by atoms with van der Waals surface area (Å²) < 4.78 is 0. The Morgan fingerprint density at radius 3 is 2.33 bits per heavy atom. The van der Waals surface area contributed by atoms with Crippen molar-refractivity contribution in [3.8, 4) is 0 Å². The molecular weight excluding hydrogens is 220 g/mol. The van der Waals surface area contributed by atoms with Gasteiger partial charge in [0.05, 0.1) is 0 Å². The summed E-state index contributed by atoms with van der Waals surface area (Å²) in [6, 6.07) is 8.81. The third-order valence-corrected chi connectivity index (χ3v) is 3.75. The van der Waals surface area contributed by atoms with E-state index in [1.807, 2.05) is 0 Å². The molecule has 1 heterocycles. The highest BCUT2D eigenvalue weighted by atomic mass is 15.1. The smallest absolute Gasteiger partial charge is 0.0206 e. The monoisotopic (exact) mass is 246 g/mol. The molecule has 0 atom stereocenters. The Kier molecular flexibility index (Phi) is 5.69. The maximum absolute atomic E-state index is 3.55. The maximum Gasteiger partial charge on any atom is 0.0206 e. The van der Waals surface area contributed by atoms with Gasteiger partial charge in [-0.15, -0.1) is 0 Å². The maximum atomic E-state index is 3.55. The summed E-state index contributed by atoms with van der Waals surface area (Å²) in [5.74, 6) is 0. The summed E-state index contributed by atoms with van der Waals surface area (Å²) in [4.78, 5) is 2.61. The van der Waals surface area contributed by atoms with Crippen LogP contribution in [-0.2, 0) is 6.54 Å². The van der Waals surface area contributed by atoms with Crippen LogP contribution in [0.25, 0.3) is 0 Å². The Balaban J connectivity index is 1.61. The van der Waals surface area contributed by atoms with Crippen molar-refractivity contribution in [2.75, 3.05) is 26.2 Å². The molecule has 18 heavy (non-hydrogen) atoms. The molecule has 0 amide bonds. The van der Waals surface area contributed by atoms with Crippen LogP contribution in [0.2, 0.25) is 0 Å². The van der Waals surface area contributed by atoms with Crippen LogP contribution in [0.15, 0.2) is 24.3 Å². The van der Waals surface area contributed by atoms with Gasteiger partial charge in [0, 0.05) is 19.6 Å². The number of aryl methyl sites for hydroxylation is 1. The number of nitrogens with one attached hydrogen (secondary N) is 1. The number of hydrogen-bond acceptors (Lipinski definition) is 2. The van der Waals surface area contributed by atoms with Crippen LogP contribution in [0, 0.1) is 6.92 Å². The largest absolute Gasteiger partial charge is 0.311 e. The third kappa shape index (κ3) is 4.79. The Labute approximate surface area is 111 Å². The van der Waals surface area contributed by atoms with Gasteiger partial charge in [-0.1, -0.05) is 42.7 Å². The molecule has 0 aliphatic carbocycles. The summed E-state index contributed by atoms with van der Waals surface area (Å²) in [5, 5.41) is 3.55. The summed E-state index contributed by atoms with van der Waals surface area (Å²) >= 11 is 0. The van der Waals surface area contributed by atoms with E-state index in [1.165, 1.54) is 56.4 Å². The topological polar surface area (TPSA) is 15.3 Å². The molecule has 1 aromatic carbocycles. The van der Waals surface area contributed by atoms with E-state index in [0.29, 0.717) is 0 Å². The molecule has 2 rings (SSSR count).